The highest BCUT2D eigenvalue weighted by Gasteiger charge is 2.14. The molecule has 0 bridgehead atoms. The Bertz CT molecular complexity index is 368. The van der Waals surface area contributed by atoms with Crippen molar-refractivity contribution in [3.05, 3.63) is 29.8 Å². The number of hydrogen-bond acceptors (Lipinski definition) is 3. The van der Waals surface area contributed by atoms with E-state index in [1.54, 1.807) is 0 Å². The number of rotatable bonds is 5. The molecule has 1 heterocycles. The zero-order valence-corrected chi connectivity index (χ0v) is 11.1. The van der Waals surface area contributed by atoms with Crippen molar-refractivity contribution in [2.45, 2.75) is 31.4 Å². The van der Waals surface area contributed by atoms with Gasteiger partial charge in [-0.2, -0.15) is 11.8 Å². The Morgan fingerprint density at radius 2 is 2.18 bits per heavy atom. The Kier molecular flexibility index (Phi) is 4.49. The van der Waals surface area contributed by atoms with Crippen LogP contribution in [0.1, 0.15) is 36.5 Å². The van der Waals surface area contributed by atoms with Gasteiger partial charge in [0.25, 0.3) is 0 Å². The summed E-state index contributed by atoms with van der Waals surface area (Å²) in [6, 6.07) is 7.83. The zero-order chi connectivity index (χ0) is 12.1. The lowest BCUT2D eigenvalue weighted by Crippen LogP contribution is -2.13. The monoisotopic (exact) mass is 249 g/mol. The lowest BCUT2D eigenvalue weighted by Gasteiger charge is -2.11. The largest absolute Gasteiger partial charge is 0.384 e. The molecule has 1 N–H and O–H groups in total. The topological polar surface area (TPSA) is 29.1 Å². The molecular formula is C14H19NOS. The van der Waals surface area contributed by atoms with E-state index in [0.717, 1.165) is 23.0 Å². The molecule has 1 fully saturated rings. The average Bonchev–Trinajstić information content (AvgIpc) is 2.89. The summed E-state index contributed by atoms with van der Waals surface area (Å²) in [5.74, 6) is 1.51. The van der Waals surface area contributed by atoms with Crippen LogP contribution in [0, 0.1) is 0 Å². The van der Waals surface area contributed by atoms with Gasteiger partial charge >= 0.3 is 0 Å². The first-order chi connectivity index (χ1) is 8.29. The van der Waals surface area contributed by atoms with Gasteiger partial charge in [-0.3, -0.25) is 4.79 Å². The first-order valence-corrected chi connectivity index (χ1v) is 7.33. The first kappa shape index (κ1) is 12.5. The quantitative estimate of drug-likeness (QED) is 0.809. The summed E-state index contributed by atoms with van der Waals surface area (Å²) in [7, 11) is 0. The number of anilines is 1. The van der Waals surface area contributed by atoms with Gasteiger partial charge in [0.05, 0.1) is 0 Å². The maximum Gasteiger partial charge on any atom is 0.162 e. The van der Waals surface area contributed by atoms with Crippen LogP contribution in [0.25, 0.3) is 0 Å². The summed E-state index contributed by atoms with van der Waals surface area (Å²) in [5.41, 5.74) is 1.93. The second-order valence-electron chi connectivity index (χ2n) is 4.37. The van der Waals surface area contributed by atoms with E-state index in [1.807, 2.05) is 31.2 Å². The van der Waals surface area contributed by atoms with Crippen molar-refractivity contribution in [1.29, 1.82) is 0 Å². The third-order valence-electron chi connectivity index (χ3n) is 3.09. The van der Waals surface area contributed by atoms with Gasteiger partial charge in [0.2, 0.25) is 0 Å². The van der Waals surface area contributed by atoms with Gasteiger partial charge < -0.3 is 5.32 Å². The molecule has 0 radical (unpaired) electrons. The number of carbonyl (C=O) groups excluding carboxylic acids is 1. The minimum Gasteiger partial charge on any atom is -0.384 e. The fourth-order valence-corrected chi connectivity index (χ4v) is 3.22. The Hall–Kier alpha value is -0.960. The Morgan fingerprint density at radius 3 is 2.76 bits per heavy atom. The first-order valence-electron chi connectivity index (χ1n) is 6.28. The fourth-order valence-electron chi connectivity index (χ4n) is 2.02. The molecule has 0 spiro atoms. The number of hydrogen-bond donors (Lipinski definition) is 1. The van der Waals surface area contributed by atoms with E-state index in [-0.39, 0.29) is 5.78 Å². The molecule has 0 saturated carbocycles. The van der Waals surface area contributed by atoms with Gasteiger partial charge in [-0.1, -0.05) is 6.92 Å². The van der Waals surface area contributed by atoms with E-state index in [9.17, 15) is 4.79 Å². The summed E-state index contributed by atoms with van der Waals surface area (Å²) in [6.07, 6.45) is 3.25. The molecule has 1 aromatic carbocycles. The Labute approximate surface area is 107 Å². The second-order valence-corrected chi connectivity index (χ2v) is 5.78. The smallest absolute Gasteiger partial charge is 0.162 e. The van der Waals surface area contributed by atoms with Gasteiger partial charge in [0.15, 0.2) is 5.78 Å². The van der Waals surface area contributed by atoms with Crippen molar-refractivity contribution >= 4 is 23.2 Å². The van der Waals surface area contributed by atoms with Crippen LogP contribution >= 0.6 is 11.8 Å². The average molecular weight is 249 g/mol. The van der Waals surface area contributed by atoms with Crippen molar-refractivity contribution in [3.63, 3.8) is 0 Å². The van der Waals surface area contributed by atoms with E-state index in [0.29, 0.717) is 6.42 Å². The molecular weight excluding hydrogens is 230 g/mol. The van der Waals surface area contributed by atoms with Crippen LogP contribution in [0.4, 0.5) is 5.69 Å². The van der Waals surface area contributed by atoms with Crippen LogP contribution in [0.3, 0.4) is 0 Å². The molecule has 3 heteroatoms. The third kappa shape index (κ3) is 3.50. The van der Waals surface area contributed by atoms with Crippen LogP contribution < -0.4 is 5.32 Å². The molecule has 2 rings (SSSR count). The number of carbonyl (C=O) groups is 1. The molecule has 1 aromatic rings. The van der Waals surface area contributed by atoms with Crippen molar-refractivity contribution in [3.8, 4) is 0 Å². The van der Waals surface area contributed by atoms with Crippen LogP contribution in [0.2, 0.25) is 0 Å². The lowest BCUT2D eigenvalue weighted by molar-refractivity contribution is 0.0988. The number of Topliss-reactive ketones (excluding diaryl/α,β-unsaturated/α-hetero) is 1. The van der Waals surface area contributed by atoms with Gasteiger partial charge in [-0.05, 0) is 42.9 Å². The third-order valence-corrected chi connectivity index (χ3v) is 4.48. The molecule has 1 atom stereocenters. The highest BCUT2D eigenvalue weighted by molar-refractivity contribution is 8.00. The number of benzene rings is 1. The second kappa shape index (κ2) is 6.10. The van der Waals surface area contributed by atoms with E-state index in [2.05, 4.69) is 17.1 Å². The summed E-state index contributed by atoms with van der Waals surface area (Å²) in [4.78, 5) is 11.5. The van der Waals surface area contributed by atoms with E-state index in [4.69, 9.17) is 0 Å². The summed E-state index contributed by atoms with van der Waals surface area (Å²) in [6.45, 7) is 2.93. The van der Waals surface area contributed by atoms with Gasteiger partial charge in [-0.25, -0.2) is 0 Å². The molecule has 0 aliphatic carbocycles. The van der Waals surface area contributed by atoms with Crippen LogP contribution in [0.5, 0.6) is 0 Å². The van der Waals surface area contributed by atoms with Gasteiger partial charge in [0.1, 0.15) is 0 Å². The number of nitrogens with one attached hydrogen (secondary N) is 1. The number of thioether (sulfide) groups is 1. The molecule has 1 aliphatic heterocycles. The van der Waals surface area contributed by atoms with Crippen LogP contribution in [-0.2, 0) is 0 Å². The summed E-state index contributed by atoms with van der Waals surface area (Å²) < 4.78 is 0. The maximum atomic E-state index is 11.5. The predicted molar refractivity (Wildman–Crippen MR) is 75.0 cm³/mol. The molecule has 1 aliphatic rings. The van der Waals surface area contributed by atoms with Crippen molar-refractivity contribution in [2.75, 3.05) is 17.6 Å². The van der Waals surface area contributed by atoms with Crippen LogP contribution in [-0.4, -0.2) is 23.3 Å². The standard InChI is InChI=1S/C14H19NOS/c1-2-14(16)11-5-7-12(8-6-11)15-10-13-4-3-9-17-13/h5-8,13,15H,2-4,9-10H2,1H3. The molecule has 1 unspecified atom stereocenters. The Balaban J connectivity index is 1.87. The number of ketones is 1. The summed E-state index contributed by atoms with van der Waals surface area (Å²) in [5, 5.41) is 4.20. The molecule has 2 nitrogen and oxygen atoms in total. The molecule has 17 heavy (non-hydrogen) atoms. The highest BCUT2D eigenvalue weighted by atomic mass is 32.2. The maximum absolute atomic E-state index is 11.5. The highest BCUT2D eigenvalue weighted by Crippen LogP contribution is 2.26. The normalized spacial score (nSPS) is 19.2. The van der Waals surface area contributed by atoms with Crippen molar-refractivity contribution in [2.24, 2.45) is 0 Å². The minimum absolute atomic E-state index is 0.211. The lowest BCUT2D eigenvalue weighted by atomic mass is 10.1. The Morgan fingerprint density at radius 1 is 1.41 bits per heavy atom. The molecule has 0 aromatic heterocycles. The van der Waals surface area contributed by atoms with E-state index in [1.165, 1.54) is 18.6 Å². The molecule has 1 saturated heterocycles. The van der Waals surface area contributed by atoms with Crippen molar-refractivity contribution in [1.82, 2.24) is 0 Å². The van der Waals surface area contributed by atoms with E-state index < -0.39 is 0 Å². The van der Waals surface area contributed by atoms with E-state index >= 15 is 0 Å². The minimum atomic E-state index is 0.211. The molecule has 92 valence electrons. The fraction of sp³-hybridized carbons (Fsp3) is 0.500. The van der Waals surface area contributed by atoms with Gasteiger partial charge in [-0.15, -0.1) is 0 Å². The van der Waals surface area contributed by atoms with Crippen molar-refractivity contribution < 1.29 is 4.79 Å². The zero-order valence-electron chi connectivity index (χ0n) is 10.2. The molecule has 0 amide bonds. The van der Waals surface area contributed by atoms with Crippen LogP contribution in [0.15, 0.2) is 24.3 Å². The van der Waals surface area contributed by atoms with Gasteiger partial charge in [0, 0.05) is 29.5 Å². The predicted octanol–water partition coefficient (Wildman–Crippen LogP) is 3.59. The summed E-state index contributed by atoms with van der Waals surface area (Å²) >= 11 is 2.06. The SMILES string of the molecule is CCC(=O)c1ccc(NCC2CCCS2)cc1.